The van der Waals surface area contributed by atoms with Gasteiger partial charge in [-0.3, -0.25) is 13.7 Å². The van der Waals surface area contributed by atoms with E-state index in [-0.39, 0.29) is 58.1 Å². The second-order valence-corrected chi connectivity index (χ2v) is 15.7. The molecule has 9 nitrogen and oxygen atoms in total. The molecule has 0 amide bonds. The number of rotatable bonds is 18. The van der Waals surface area contributed by atoms with Crippen molar-refractivity contribution in [1.82, 2.24) is 0 Å². The highest BCUT2D eigenvalue weighted by Gasteiger charge is 2.35. The average molecular weight is 765 g/mol. The summed E-state index contributed by atoms with van der Waals surface area (Å²) in [5.41, 5.74) is 1.60. The minimum atomic E-state index is -3.54. The van der Waals surface area contributed by atoms with Gasteiger partial charge >= 0.3 is 22.8 Å². The van der Waals surface area contributed by atoms with E-state index < -0.39 is 22.8 Å². The molecule has 0 aromatic heterocycles. The Bertz CT molecular complexity index is 832. The van der Waals surface area contributed by atoms with Crippen LogP contribution in [0, 0.1) is 0 Å². The topological polar surface area (TPSA) is 107 Å². The maximum atomic E-state index is 13.5. The molecule has 0 saturated carbocycles. The summed E-state index contributed by atoms with van der Waals surface area (Å²) in [5.74, 6) is 0. The van der Waals surface area contributed by atoms with Gasteiger partial charge in [0.25, 0.3) is 0 Å². The predicted molar refractivity (Wildman–Crippen MR) is 153 cm³/mol. The van der Waals surface area contributed by atoms with Gasteiger partial charge in [-0.15, -0.1) is 0 Å². The van der Waals surface area contributed by atoms with Gasteiger partial charge in [0, 0.05) is 13.4 Å². The van der Waals surface area contributed by atoms with Crippen LogP contribution >= 0.6 is 70.6 Å². The summed E-state index contributed by atoms with van der Waals surface area (Å²) in [6, 6.07) is 0. The molecule has 0 radical (unpaired) electrons. The number of benzene rings is 1. The largest absolute Gasteiger partial charge is 0.335 e. The summed E-state index contributed by atoms with van der Waals surface area (Å²) < 4.78 is 75.1. The smallest absolute Gasteiger partial charge is 0.309 e. The van der Waals surface area contributed by atoms with Crippen LogP contribution in [0.1, 0.15) is 58.2 Å². The summed E-state index contributed by atoms with van der Waals surface area (Å²) in [5, 5.41) is 0. The lowest BCUT2D eigenvalue weighted by molar-refractivity contribution is 0.218. The van der Waals surface area contributed by atoms with Crippen molar-refractivity contribution < 1.29 is 40.8 Å². The molecule has 15 heteroatoms. The molecule has 0 N–H and O–H groups in total. The first-order valence-corrected chi connectivity index (χ1v) is 19.3. The molecule has 0 heterocycles. The lowest BCUT2D eigenvalue weighted by Gasteiger charge is -2.26. The number of hydrogen-bond donors (Lipinski definition) is 0. The summed E-state index contributed by atoms with van der Waals surface area (Å²) in [6.45, 7) is 11.5. The fraction of sp³-hybridized carbons (Fsp3) is 0.714. The van der Waals surface area contributed by atoms with E-state index in [1.165, 1.54) is 0 Å². The lowest BCUT2D eigenvalue weighted by atomic mass is 10.1. The number of hydrogen-bond acceptors (Lipinski definition) is 9. The minimum Gasteiger partial charge on any atom is -0.309 e. The van der Waals surface area contributed by atoms with Crippen LogP contribution in [-0.2, 0) is 59.3 Å². The Morgan fingerprint density at radius 1 is 0.444 bits per heavy atom. The molecule has 210 valence electrons. The third-order valence-electron chi connectivity index (χ3n) is 4.60. The zero-order chi connectivity index (χ0) is 27.6. The third kappa shape index (κ3) is 9.94. The SMILES string of the molecule is CCOP(=O)(Cc1c(Br)c(CP(=O)(OCC)OCC)c(Br)c(CP(=O)(OCC)OCC)c1Br)OCC. The van der Waals surface area contributed by atoms with Crippen LogP contribution in [0.3, 0.4) is 0 Å². The van der Waals surface area contributed by atoms with Crippen LogP contribution in [0.15, 0.2) is 13.4 Å². The molecule has 1 aromatic rings. The van der Waals surface area contributed by atoms with Gasteiger partial charge in [-0.2, -0.15) is 0 Å². The van der Waals surface area contributed by atoms with E-state index in [4.69, 9.17) is 27.1 Å². The zero-order valence-electron chi connectivity index (χ0n) is 21.5. The van der Waals surface area contributed by atoms with Gasteiger partial charge in [-0.25, -0.2) is 0 Å². The van der Waals surface area contributed by atoms with Crippen molar-refractivity contribution in [3.05, 3.63) is 30.1 Å². The molecule has 0 saturated heterocycles. The molecule has 0 spiro atoms. The highest BCUT2D eigenvalue weighted by Crippen LogP contribution is 2.60. The van der Waals surface area contributed by atoms with E-state index >= 15 is 0 Å². The molecule has 0 unspecified atom stereocenters. The zero-order valence-corrected chi connectivity index (χ0v) is 29.0. The Morgan fingerprint density at radius 3 is 0.750 bits per heavy atom. The Balaban J connectivity index is 3.87. The normalized spacial score (nSPS) is 12.9. The molecule has 1 aromatic carbocycles. The maximum absolute atomic E-state index is 13.5. The van der Waals surface area contributed by atoms with E-state index in [0.717, 1.165) is 0 Å². The maximum Gasteiger partial charge on any atom is 0.335 e. The molecule has 0 fully saturated rings. The molecular weight excluding hydrogens is 729 g/mol. The van der Waals surface area contributed by atoms with E-state index in [2.05, 4.69) is 47.8 Å². The second-order valence-electron chi connectivity index (χ2n) is 7.19. The van der Waals surface area contributed by atoms with Crippen molar-refractivity contribution in [2.45, 2.75) is 60.0 Å². The molecule has 36 heavy (non-hydrogen) atoms. The van der Waals surface area contributed by atoms with Gasteiger partial charge in [-0.05, 0) is 58.2 Å². The minimum absolute atomic E-state index is 0.0930. The second kappa shape index (κ2) is 16.4. The first-order valence-electron chi connectivity index (χ1n) is 11.7. The van der Waals surface area contributed by atoms with Crippen molar-refractivity contribution in [3.63, 3.8) is 0 Å². The van der Waals surface area contributed by atoms with Crippen molar-refractivity contribution in [2.24, 2.45) is 0 Å². The van der Waals surface area contributed by atoms with Crippen LogP contribution in [0.5, 0.6) is 0 Å². The lowest BCUT2D eigenvalue weighted by Crippen LogP contribution is -2.08. The first-order chi connectivity index (χ1) is 16.9. The molecular formula is C21H36Br3O9P3. The van der Waals surface area contributed by atoms with Crippen LogP contribution in [0.2, 0.25) is 0 Å². The molecule has 0 aliphatic carbocycles. The third-order valence-corrected chi connectivity index (χ3v) is 13.5. The molecule has 1 rings (SSSR count). The van der Waals surface area contributed by atoms with Crippen molar-refractivity contribution in [3.8, 4) is 0 Å². The van der Waals surface area contributed by atoms with Crippen molar-refractivity contribution in [1.29, 1.82) is 0 Å². The van der Waals surface area contributed by atoms with Gasteiger partial charge in [0.05, 0.1) is 58.1 Å². The monoisotopic (exact) mass is 762 g/mol. The Labute approximate surface area is 240 Å². The van der Waals surface area contributed by atoms with Crippen LogP contribution in [-0.4, -0.2) is 39.6 Å². The summed E-state index contributed by atoms with van der Waals surface area (Å²) in [6.07, 6.45) is -0.279. The van der Waals surface area contributed by atoms with Gasteiger partial charge in [-0.1, -0.05) is 47.8 Å². The van der Waals surface area contributed by atoms with Crippen LogP contribution in [0.25, 0.3) is 0 Å². The Hall–Kier alpha value is 1.11. The van der Waals surface area contributed by atoms with E-state index in [1.54, 1.807) is 41.5 Å². The highest BCUT2D eigenvalue weighted by molar-refractivity contribution is 9.11. The quantitative estimate of drug-likeness (QED) is 0.135. The average Bonchev–Trinajstić information content (AvgIpc) is 2.78. The highest BCUT2D eigenvalue weighted by atomic mass is 79.9. The summed E-state index contributed by atoms with van der Waals surface area (Å²) in [7, 11) is -10.6. The van der Waals surface area contributed by atoms with E-state index in [0.29, 0.717) is 30.1 Å². The van der Waals surface area contributed by atoms with Gasteiger partial charge in [0.1, 0.15) is 0 Å². The van der Waals surface area contributed by atoms with Gasteiger partial charge in [0.15, 0.2) is 0 Å². The fourth-order valence-electron chi connectivity index (χ4n) is 3.40. The fourth-order valence-corrected chi connectivity index (χ4v) is 12.8. The van der Waals surface area contributed by atoms with Crippen molar-refractivity contribution in [2.75, 3.05) is 39.6 Å². The van der Waals surface area contributed by atoms with Crippen molar-refractivity contribution >= 4 is 70.6 Å². The number of halogens is 3. The molecule has 0 atom stereocenters. The first kappa shape index (κ1) is 35.1. The summed E-state index contributed by atoms with van der Waals surface area (Å²) >= 11 is 10.8. The molecule has 0 bridgehead atoms. The van der Waals surface area contributed by atoms with Crippen LogP contribution < -0.4 is 0 Å². The van der Waals surface area contributed by atoms with Gasteiger partial charge < -0.3 is 27.1 Å². The van der Waals surface area contributed by atoms with E-state index in [1.807, 2.05) is 0 Å². The predicted octanol–water partition coefficient (Wildman–Crippen LogP) is 9.27. The Kier molecular flexibility index (Phi) is 16.0. The Morgan fingerprint density at radius 2 is 0.611 bits per heavy atom. The van der Waals surface area contributed by atoms with Crippen LogP contribution in [0.4, 0.5) is 0 Å². The van der Waals surface area contributed by atoms with E-state index in [9.17, 15) is 13.7 Å². The summed E-state index contributed by atoms with van der Waals surface area (Å²) in [4.78, 5) is 0. The standard InChI is InChI=1S/C21H36Br3O9P3/c1-7-28-34(25,29-8-2)13-16-19(22)17(14-35(26,30-9-3)31-10-4)21(24)18(20(16)23)15-36(27,32-11-5)33-12-6/h7-15H2,1-6H3. The molecule has 0 aliphatic heterocycles. The molecule has 0 aliphatic rings. The van der Waals surface area contributed by atoms with Gasteiger partial charge in [0.2, 0.25) is 0 Å².